The molecule has 0 atom stereocenters. The van der Waals surface area contributed by atoms with Crippen molar-refractivity contribution in [3.63, 3.8) is 0 Å². The number of hydrogen-bond acceptors (Lipinski definition) is 5. The Kier molecular flexibility index (Phi) is 4.36. The molecular weight excluding hydrogens is 334 g/mol. The fourth-order valence-corrected chi connectivity index (χ4v) is 3.26. The topological polar surface area (TPSA) is 45.2 Å². The molecule has 0 aliphatic heterocycles. The normalized spacial score (nSPS) is 12.5. The van der Waals surface area contributed by atoms with Crippen LogP contribution in [-0.4, -0.2) is 43.1 Å². The number of anilines is 2. The number of pyridine rings is 3. The van der Waals surface area contributed by atoms with E-state index in [0.717, 1.165) is 40.4 Å². The number of rotatable bonds is 4. The lowest BCUT2D eigenvalue weighted by molar-refractivity contribution is 1.07. The molecule has 0 spiro atoms. The first kappa shape index (κ1) is 17.2. The third-order valence-electron chi connectivity index (χ3n) is 4.82. The van der Waals surface area contributed by atoms with Crippen molar-refractivity contribution in [3.05, 3.63) is 71.8 Å². The second kappa shape index (κ2) is 6.83. The number of hydrogen-bond donors (Lipinski definition) is 0. The summed E-state index contributed by atoms with van der Waals surface area (Å²) in [5.74, 6) is 1.90. The van der Waals surface area contributed by atoms with Gasteiger partial charge in [0, 0.05) is 75.5 Å². The maximum Gasteiger partial charge on any atom is 0.127 e. The molecule has 3 aromatic rings. The highest BCUT2D eigenvalue weighted by Crippen LogP contribution is 2.34. The zero-order valence-corrected chi connectivity index (χ0v) is 16.1. The van der Waals surface area contributed by atoms with Crippen LogP contribution in [0, 0.1) is 0 Å². The van der Waals surface area contributed by atoms with Crippen LogP contribution in [0.25, 0.3) is 16.7 Å². The Balaban J connectivity index is 1.67. The van der Waals surface area contributed by atoms with Crippen LogP contribution in [-0.2, 0) is 6.42 Å². The van der Waals surface area contributed by atoms with Crippen molar-refractivity contribution < 1.29 is 0 Å². The van der Waals surface area contributed by atoms with E-state index in [0.29, 0.717) is 0 Å². The molecule has 27 heavy (non-hydrogen) atoms. The molecule has 0 unspecified atom stereocenters. The Morgan fingerprint density at radius 1 is 0.704 bits per heavy atom. The van der Waals surface area contributed by atoms with Crippen LogP contribution < -0.4 is 9.80 Å². The number of aromatic nitrogens is 3. The molecule has 3 aromatic heterocycles. The van der Waals surface area contributed by atoms with Crippen molar-refractivity contribution in [2.24, 2.45) is 0 Å². The molecule has 136 valence electrons. The molecule has 5 heteroatoms. The summed E-state index contributed by atoms with van der Waals surface area (Å²) in [5.41, 5.74) is 6.78. The molecule has 0 saturated carbocycles. The van der Waals surface area contributed by atoms with Gasteiger partial charge in [-0.15, -0.1) is 0 Å². The lowest BCUT2D eigenvalue weighted by atomic mass is 9.99. The van der Waals surface area contributed by atoms with Gasteiger partial charge in [0.2, 0.25) is 0 Å². The van der Waals surface area contributed by atoms with Crippen LogP contribution in [0.3, 0.4) is 0 Å². The van der Waals surface area contributed by atoms with Crippen LogP contribution >= 0.6 is 0 Å². The van der Waals surface area contributed by atoms with Crippen LogP contribution in [0.2, 0.25) is 0 Å². The first-order valence-corrected chi connectivity index (χ1v) is 9.00. The second-order valence-corrected chi connectivity index (χ2v) is 7.14. The largest absolute Gasteiger partial charge is 0.363 e. The van der Waals surface area contributed by atoms with Crippen molar-refractivity contribution in [2.45, 2.75) is 6.42 Å². The van der Waals surface area contributed by atoms with Gasteiger partial charge in [-0.3, -0.25) is 4.98 Å². The highest BCUT2D eigenvalue weighted by Gasteiger charge is 2.18. The van der Waals surface area contributed by atoms with Gasteiger partial charge in [-0.2, -0.15) is 0 Å². The van der Waals surface area contributed by atoms with E-state index in [1.54, 1.807) is 0 Å². The van der Waals surface area contributed by atoms with Gasteiger partial charge in [0.25, 0.3) is 0 Å². The number of allylic oxidation sites excluding steroid dienone is 1. The molecular formula is C22H23N5. The van der Waals surface area contributed by atoms with Gasteiger partial charge in [-0.25, -0.2) is 9.97 Å². The summed E-state index contributed by atoms with van der Waals surface area (Å²) < 4.78 is 0. The highest BCUT2D eigenvalue weighted by atomic mass is 15.1. The maximum absolute atomic E-state index is 4.70. The van der Waals surface area contributed by atoms with E-state index in [1.807, 2.05) is 62.6 Å². The molecule has 0 N–H and O–H groups in total. The minimum atomic E-state index is 0.859. The van der Waals surface area contributed by atoms with E-state index in [2.05, 4.69) is 40.3 Å². The van der Waals surface area contributed by atoms with Gasteiger partial charge in [0.15, 0.2) is 0 Å². The first-order valence-electron chi connectivity index (χ1n) is 9.00. The Bertz CT molecular complexity index is 986. The Hall–Kier alpha value is -3.21. The average molecular weight is 357 g/mol. The molecule has 4 rings (SSSR count). The predicted octanol–water partition coefficient (Wildman–Crippen LogP) is 3.66. The third-order valence-corrected chi connectivity index (χ3v) is 4.82. The van der Waals surface area contributed by atoms with E-state index in [4.69, 9.17) is 4.98 Å². The molecule has 0 saturated heterocycles. The van der Waals surface area contributed by atoms with Crippen molar-refractivity contribution in [3.8, 4) is 11.1 Å². The molecule has 1 aliphatic carbocycles. The quantitative estimate of drug-likeness (QED) is 0.713. The van der Waals surface area contributed by atoms with E-state index in [9.17, 15) is 0 Å². The average Bonchev–Trinajstić information content (AvgIpc) is 3.11. The fourth-order valence-electron chi connectivity index (χ4n) is 3.26. The molecule has 3 heterocycles. The van der Waals surface area contributed by atoms with Gasteiger partial charge in [0.1, 0.15) is 11.6 Å². The summed E-state index contributed by atoms with van der Waals surface area (Å²) in [5, 5.41) is 0. The van der Waals surface area contributed by atoms with Gasteiger partial charge in [0.05, 0.1) is 5.69 Å². The molecule has 1 aliphatic rings. The molecule has 0 fully saturated rings. The lowest BCUT2D eigenvalue weighted by Gasteiger charge is -2.13. The molecule has 0 radical (unpaired) electrons. The monoisotopic (exact) mass is 357 g/mol. The summed E-state index contributed by atoms with van der Waals surface area (Å²) in [4.78, 5) is 17.8. The smallest absolute Gasteiger partial charge is 0.127 e. The van der Waals surface area contributed by atoms with Crippen LogP contribution in [0.4, 0.5) is 11.6 Å². The van der Waals surface area contributed by atoms with Crippen LogP contribution in [0.5, 0.6) is 0 Å². The Morgan fingerprint density at radius 3 is 1.85 bits per heavy atom. The Labute approximate surface area is 160 Å². The van der Waals surface area contributed by atoms with Crippen molar-refractivity contribution in [1.82, 2.24) is 15.0 Å². The minimum Gasteiger partial charge on any atom is -0.363 e. The van der Waals surface area contributed by atoms with Crippen LogP contribution in [0.15, 0.2) is 55.0 Å². The minimum absolute atomic E-state index is 0.859. The summed E-state index contributed by atoms with van der Waals surface area (Å²) in [6.45, 7) is 0. The van der Waals surface area contributed by atoms with Gasteiger partial charge in [-0.1, -0.05) is 6.08 Å². The molecule has 0 aromatic carbocycles. The van der Waals surface area contributed by atoms with Gasteiger partial charge in [-0.05, 0) is 35.9 Å². The second-order valence-electron chi connectivity index (χ2n) is 7.14. The zero-order chi connectivity index (χ0) is 19.0. The maximum atomic E-state index is 4.70. The Morgan fingerprint density at radius 2 is 1.30 bits per heavy atom. The summed E-state index contributed by atoms with van der Waals surface area (Å²) in [7, 11) is 7.98. The van der Waals surface area contributed by atoms with E-state index in [1.165, 1.54) is 11.1 Å². The van der Waals surface area contributed by atoms with E-state index >= 15 is 0 Å². The summed E-state index contributed by atoms with van der Waals surface area (Å²) in [6.07, 6.45) is 8.88. The van der Waals surface area contributed by atoms with Crippen molar-refractivity contribution >= 4 is 17.2 Å². The van der Waals surface area contributed by atoms with Gasteiger partial charge < -0.3 is 9.80 Å². The number of nitrogens with zero attached hydrogens (tertiary/aromatic N) is 5. The first-order chi connectivity index (χ1) is 13.0. The third kappa shape index (κ3) is 3.28. The van der Waals surface area contributed by atoms with Crippen molar-refractivity contribution in [2.75, 3.05) is 38.0 Å². The summed E-state index contributed by atoms with van der Waals surface area (Å²) in [6, 6.07) is 10.5. The zero-order valence-electron chi connectivity index (χ0n) is 16.1. The molecule has 0 amide bonds. The summed E-state index contributed by atoms with van der Waals surface area (Å²) >= 11 is 0. The molecule has 5 nitrogen and oxygen atoms in total. The van der Waals surface area contributed by atoms with Gasteiger partial charge >= 0.3 is 0 Å². The lowest BCUT2D eigenvalue weighted by Crippen LogP contribution is -2.10. The fraction of sp³-hybridized carbons (Fsp3) is 0.227. The molecule has 0 bridgehead atoms. The van der Waals surface area contributed by atoms with E-state index in [-0.39, 0.29) is 0 Å². The predicted molar refractivity (Wildman–Crippen MR) is 111 cm³/mol. The van der Waals surface area contributed by atoms with E-state index < -0.39 is 0 Å². The standard InChI is InChI=1S/C22H23N5/c1-26(2)21-9-5-15(12-24-21)17-11-19-18(7-8-20(19)23-14-17)16-6-10-22(25-13-16)27(3)4/h5-7,9-14H,8H2,1-4H3. The number of fused-ring (bicyclic) bond motifs is 1. The van der Waals surface area contributed by atoms with Crippen molar-refractivity contribution in [1.29, 1.82) is 0 Å². The van der Waals surface area contributed by atoms with Crippen LogP contribution in [0.1, 0.15) is 16.8 Å². The SMILES string of the molecule is CN(C)c1ccc(C2=CCc3ncc(-c4ccc(N(C)C)nc4)cc32)cn1. The highest BCUT2D eigenvalue weighted by molar-refractivity contribution is 5.85.